The van der Waals surface area contributed by atoms with E-state index in [0.717, 1.165) is 32.7 Å². The Kier molecular flexibility index (Phi) is 7.13. The van der Waals surface area contributed by atoms with Crippen molar-refractivity contribution in [2.24, 2.45) is 0 Å². The Labute approximate surface area is 143 Å². The molecule has 0 aliphatic carbocycles. The molecule has 0 N–H and O–H groups in total. The highest BCUT2D eigenvalue weighted by Crippen LogP contribution is 2.22. The van der Waals surface area contributed by atoms with E-state index in [0.29, 0.717) is 6.10 Å². The van der Waals surface area contributed by atoms with Crippen LogP contribution >= 0.6 is 15.9 Å². The Morgan fingerprint density at radius 1 is 1.45 bits per heavy atom. The van der Waals surface area contributed by atoms with E-state index in [2.05, 4.69) is 59.5 Å². The van der Waals surface area contributed by atoms with Crippen LogP contribution in [0.2, 0.25) is 0 Å². The van der Waals surface area contributed by atoms with Gasteiger partial charge in [0.15, 0.2) is 0 Å². The number of rotatable bonds is 8. The van der Waals surface area contributed by atoms with Crippen LogP contribution in [0.3, 0.4) is 0 Å². The minimum absolute atomic E-state index is 0.411. The molecule has 0 spiro atoms. The maximum absolute atomic E-state index is 5.83. The summed E-state index contributed by atoms with van der Waals surface area (Å²) in [6.45, 7) is 12.3. The Morgan fingerprint density at radius 3 is 2.91 bits per heavy atom. The number of ether oxygens (including phenoxy) is 1. The fraction of sp³-hybridized carbons (Fsp3) is 0.579. The van der Waals surface area contributed by atoms with Gasteiger partial charge in [-0.3, -0.25) is 4.90 Å². The van der Waals surface area contributed by atoms with Gasteiger partial charge >= 0.3 is 0 Å². The van der Waals surface area contributed by atoms with E-state index in [1.54, 1.807) is 0 Å². The van der Waals surface area contributed by atoms with E-state index >= 15 is 0 Å². The summed E-state index contributed by atoms with van der Waals surface area (Å²) >= 11 is 3.71. The van der Waals surface area contributed by atoms with E-state index in [4.69, 9.17) is 4.74 Å². The largest absolute Gasteiger partial charge is 0.377 e. The predicted molar refractivity (Wildman–Crippen MR) is 97.2 cm³/mol. The van der Waals surface area contributed by atoms with Crippen molar-refractivity contribution in [3.05, 3.63) is 46.0 Å². The van der Waals surface area contributed by atoms with E-state index in [1.807, 2.05) is 0 Å². The van der Waals surface area contributed by atoms with Gasteiger partial charge < -0.3 is 4.74 Å². The first kappa shape index (κ1) is 17.7. The van der Waals surface area contributed by atoms with Gasteiger partial charge in [0.2, 0.25) is 0 Å². The predicted octanol–water partition coefficient (Wildman–Crippen LogP) is 5.09. The monoisotopic (exact) mass is 365 g/mol. The quantitative estimate of drug-likeness (QED) is 0.594. The highest BCUT2D eigenvalue weighted by atomic mass is 79.9. The number of benzene rings is 1. The van der Waals surface area contributed by atoms with Crippen LogP contribution in [0.5, 0.6) is 0 Å². The summed E-state index contributed by atoms with van der Waals surface area (Å²) in [7, 11) is 0. The molecule has 0 amide bonds. The van der Waals surface area contributed by atoms with Crippen molar-refractivity contribution in [2.75, 3.05) is 19.7 Å². The SMILES string of the molecule is C=C(C)CCCN(Cc1ccc(C)cc1Br)CC1CCCO1. The molecule has 1 aliphatic rings. The molecule has 0 radical (unpaired) electrons. The van der Waals surface area contributed by atoms with Crippen molar-refractivity contribution >= 4 is 15.9 Å². The van der Waals surface area contributed by atoms with Crippen LogP contribution in [0.1, 0.15) is 43.7 Å². The van der Waals surface area contributed by atoms with Crippen molar-refractivity contribution in [3.8, 4) is 0 Å². The van der Waals surface area contributed by atoms with Gasteiger partial charge in [-0.15, -0.1) is 6.58 Å². The molecular weight excluding hydrogens is 338 g/mol. The van der Waals surface area contributed by atoms with Crippen LogP contribution in [0.15, 0.2) is 34.8 Å². The highest BCUT2D eigenvalue weighted by molar-refractivity contribution is 9.10. The van der Waals surface area contributed by atoms with Gasteiger partial charge in [0, 0.05) is 24.2 Å². The fourth-order valence-electron chi connectivity index (χ4n) is 2.94. The summed E-state index contributed by atoms with van der Waals surface area (Å²) in [5.41, 5.74) is 3.93. The zero-order valence-electron chi connectivity index (χ0n) is 13.9. The molecular formula is C19H28BrNO. The molecule has 1 aliphatic heterocycles. The molecule has 22 heavy (non-hydrogen) atoms. The lowest BCUT2D eigenvalue weighted by molar-refractivity contribution is 0.0701. The van der Waals surface area contributed by atoms with E-state index in [1.165, 1.54) is 40.4 Å². The molecule has 1 fully saturated rings. The lowest BCUT2D eigenvalue weighted by Gasteiger charge is -2.26. The second-order valence-corrected chi connectivity index (χ2v) is 7.38. The number of hydrogen-bond donors (Lipinski definition) is 0. The second-order valence-electron chi connectivity index (χ2n) is 6.53. The molecule has 0 aromatic heterocycles. The van der Waals surface area contributed by atoms with Gasteiger partial charge in [-0.1, -0.05) is 33.6 Å². The maximum atomic E-state index is 5.83. The summed E-state index contributed by atoms with van der Waals surface area (Å²) in [6.07, 6.45) is 5.10. The topological polar surface area (TPSA) is 12.5 Å². The average molecular weight is 366 g/mol. The second kappa shape index (κ2) is 8.85. The zero-order chi connectivity index (χ0) is 15.9. The normalized spacial score (nSPS) is 18.1. The average Bonchev–Trinajstić information content (AvgIpc) is 2.94. The lowest BCUT2D eigenvalue weighted by atomic mass is 10.1. The smallest absolute Gasteiger partial charge is 0.0702 e. The third-order valence-electron chi connectivity index (χ3n) is 4.17. The minimum atomic E-state index is 0.411. The number of halogens is 1. The lowest BCUT2D eigenvalue weighted by Crippen LogP contribution is -2.32. The van der Waals surface area contributed by atoms with Crippen LogP contribution in [0.25, 0.3) is 0 Å². The van der Waals surface area contributed by atoms with Crippen LogP contribution in [0, 0.1) is 6.92 Å². The van der Waals surface area contributed by atoms with Crippen LogP contribution in [-0.4, -0.2) is 30.7 Å². The molecule has 0 saturated carbocycles. The fourth-order valence-corrected chi connectivity index (χ4v) is 3.56. The third-order valence-corrected chi connectivity index (χ3v) is 4.90. The summed E-state index contributed by atoms with van der Waals surface area (Å²) in [5.74, 6) is 0. The molecule has 1 unspecified atom stereocenters. The Morgan fingerprint density at radius 2 is 2.27 bits per heavy atom. The standard InChI is InChI=1S/C19H28BrNO/c1-15(2)6-4-10-21(14-18-7-5-11-22-18)13-17-9-8-16(3)12-19(17)20/h8-9,12,18H,1,4-7,10-11,13-14H2,2-3H3. The third kappa shape index (κ3) is 5.86. The molecule has 3 heteroatoms. The van der Waals surface area contributed by atoms with E-state index < -0.39 is 0 Å². The first-order chi connectivity index (χ1) is 10.5. The molecule has 122 valence electrons. The molecule has 1 heterocycles. The number of hydrogen-bond acceptors (Lipinski definition) is 2. The number of nitrogens with zero attached hydrogens (tertiary/aromatic N) is 1. The zero-order valence-corrected chi connectivity index (χ0v) is 15.5. The van der Waals surface area contributed by atoms with Gasteiger partial charge in [-0.2, -0.15) is 0 Å². The number of allylic oxidation sites excluding steroid dienone is 1. The van der Waals surface area contributed by atoms with Crippen LogP contribution in [-0.2, 0) is 11.3 Å². The van der Waals surface area contributed by atoms with Gasteiger partial charge in [-0.25, -0.2) is 0 Å². The molecule has 2 rings (SSSR count). The van der Waals surface area contributed by atoms with Gasteiger partial charge in [-0.05, 0) is 63.3 Å². The first-order valence-electron chi connectivity index (χ1n) is 8.28. The van der Waals surface area contributed by atoms with Crippen LogP contribution in [0.4, 0.5) is 0 Å². The Hall–Kier alpha value is -0.640. The highest BCUT2D eigenvalue weighted by Gasteiger charge is 2.19. The van der Waals surface area contributed by atoms with Crippen molar-refractivity contribution in [2.45, 2.75) is 52.2 Å². The number of aryl methyl sites for hydroxylation is 1. The molecule has 1 saturated heterocycles. The molecule has 1 aromatic rings. The summed E-state index contributed by atoms with van der Waals surface area (Å²) in [6, 6.07) is 6.63. The van der Waals surface area contributed by atoms with Crippen molar-refractivity contribution in [1.82, 2.24) is 4.90 Å². The van der Waals surface area contributed by atoms with Crippen molar-refractivity contribution in [1.29, 1.82) is 0 Å². The van der Waals surface area contributed by atoms with E-state index in [-0.39, 0.29) is 0 Å². The molecule has 1 atom stereocenters. The van der Waals surface area contributed by atoms with Gasteiger partial charge in [0.25, 0.3) is 0 Å². The van der Waals surface area contributed by atoms with Crippen molar-refractivity contribution < 1.29 is 4.74 Å². The van der Waals surface area contributed by atoms with Crippen LogP contribution < -0.4 is 0 Å². The maximum Gasteiger partial charge on any atom is 0.0702 e. The Bertz CT molecular complexity index is 494. The van der Waals surface area contributed by atoms with Gasteiger partial charge in [0.1, 0.15) is 0 Å². The summed E-state index contributed by atoms with van der Waals surface area (Å²) in [5, 5.41) is 0. The molecule has 1 aromatic carbocycles. The minimum Gasteiger partial charge on any atom is -0.377 e. The molecule has 0 bridgehead atoms. The van der Waals surface area contributed by atoms with E-state index in [9.17, 15) is 0 Å². The van der Waals surface area contributed by atoms with Crippen molar-refractivity contribution in [3.63, 3.8) is 0 Å². The Balaban J connectivity index is 1.96. The first-order valence-corrected chi connectivity index (χ1v) is 9.07. The summed E-state index contributed by atoms with van der Waals surface area (Å²) in [4.78, 5) is 2.54. The van der Waals surface area contributed by atoms with Gasteiger partial charge in [0.05, 0.1) is 6.10 Å². The summed E-state index contributed by atoms with van der Waals surface area (Å²) < 4.78 is 7.04. The molecule has 2 nitrogen and oxygen atoms in total.